The molecule has 1 unspecified atom stereocenters. The van der Waals surface area contributed by atoms with Gasteiger partial charge >= 0.3 is 6.03 Å². The lowest BCUT2D eigenvalue weighted by Gasteiger charge is -2.28. The number of carbonyl (C=O) groups is 3. The molecule has 3 aliphatic rings. The second-order valence-electron chi connectivity index (χ2n) is 10.5. The van der Waals surface area contributed by atoms with Crippen LogP contribution in [0.5, 0.6) is 5.75 Å². The standard InChI is InChI=1S/C29H33N5O5/c1-31-28(36)26-25-22-17-21(39-16-15-32-12-3-2-4-13-32)9-10-23(22)34(24(25)11-14-33(26)29(31)37)18-19-5-7-20(8-6-19)27(35)30-38/h5-10,17,26,38H,2-4,11-16,18H2,1H3,(H,30,35). The molecule has 204 valence electrons. The van der Waals surface area contributed by atoms with Crippen molar-refractivity contribution in [1.29, 1.82) is 0 Å². The fraction of sp³-hybridized carbons (Fsp3) is 0.414. The minimum atomic E-state index is -0.644. The van der Waals surface area contributed by atoms with Crippen LogP contribution in [0.1, 0.15) is 52.5 Å². The van der Waals surface area contributed by atoms with Gasteiger partial charge in [0.05, 0.1) is 0 Å². The molecule has 2 N–H and O–H groups in total. The highest BCUT2D eigenvalue weighted by atomic mass is 16.5. The summed E-state index contributed by atoms with van der Waals surface area (Å²) in [5.74, 6) is -0.0244. The number of likely N-dealkylation sites (tertiary alicyclic amines) is 1. The monoisotopic (exact) mass is 531 g/mol. The minimum absolute atomic E-state index is 0.212. The Morgan fingerprint density at radius 1 is 1.05 bits per heavy atom. The van der Waals surface area contributed by atoms with Crippen molar-refractivity contribution in [3.05, 3.63) is 64.8 Å². The second-order valence-corrected chi connectivity index (χ2v) is 10.5. The molecule has 1 aromatic heterocycles. The van der Waals surface area contributed by atoms with E-state index in [1.807, 2.05) is 30.3 Å². The number of hydrogen-bond donors (Lipinski definition) is 2. The molecule has 4 amide bonds. The Bertz CT molecular complexity index is 1430. The van der Waals surface area contributed by atoms with Crippen molar-refractivity contribution in [2.75, 3.05) is 39.8 Å². The van der Waals surface area contributed by atoms with Gasteiger partial charge in [-0.05, 0) is 61.8 Å². The Morgan fingerprint density at radius 2 is 1.82 bits per heavy atom. The van der Waals surface area contributed by atoms with Crippen molar-refractivity contribution in [2.45, 2.75) is 38.3 Å². The number of rotatable bonds is 7. The average Bonchev–Trinajstić information content (AvgIpc) is 3.39. The molecule has 1 atom stereocenters. The maximum Gasteiger partial charge on any atom is 0.327 e. The topological polar surface area (TPSA) is 107 Å². The van der Waals surface area contributed by atoms with Crippen LogP contribution in [0.15, 0.2) is 42.5 Å². The highest BCUT2D eigenvalue weighted by Gasteiger charge is 2.48. The Morgan fingerprint density at radius 3 is 2.56 bits per heavy atom. The third-order valence-electron chi connectivity index (χ3n) is 8.24. The Labute approximate surface area is 226 Å². The molecular formula is C29H33N5O5. The first-order chi connectivity index (χ1) is 19.0. The van der Waals surface area contributed by atoms with Crippen LogP contribution in [0.2, 0.25) is 0 Å². The SMILES string of the molecule is CN1C(=O)C2c3c(n(Cc4ccc(C(=O)NO)cc4)c4ccc(OCCN5CCCCC5)cc34)CCN2C1=O. The number of amides is 4. The number of fused-ring (bicyclic) bond motifs is 5. The van der Waals surface area contributed by atoms with Gasteiger partial charge < -0.3 is 14.2 Å². The van der Waals surface area contributed by atoms with Gasteiger partial charge in [-0.25, -0.2) is 10.3 Å². The summed E-state index contributed by atoms with van der Waals surface area (Å²) in [6.07, 6.45) is 4.40. The van der Waals surface area contributed by atoms with E-state index in [0.717, 1.165) is 53.1 Å². The number of aromatic nitrogens is 1. The normalized spacial score (nSPS) is 19.4. The quantitative estimate of drug-likeness (QED) is 0.276. The maximum absolute atomic E-state index is 13.2. The molecule has 2 aromatic carbocycles. The molecule has 3 aromatic rings. The summed E-state index contributed by atoms with van der Waals surface area (Å²) in [6.45, 7) is 4.72. The number of hydrogen-bond acceptors (Lipinski definition) is 6. The van der Waals surface area contributed by atoms with Crippen LogP contribution in [0.3, 0.4) is 0 Å². The number of ether oxygens (including phenoxy) is 1. The van der Waals surface area contributed by atoms with Gasteiger partial charge in [-0.1, -0.05) is 18.6 Å². The molecule has 4 heterocycles. The summed E-state index contributed by atoms with van der Waals surface area (Å²) in [6, 6.07) is 12.2. The van der Waals surface area contributed by atoms with E-state index < -0.39 is 11.9 Å². The number of carbonyl (C=O) groups excluding carboxylic acids is 3. The highest BCUT2D eigenvalue weighted by molar-refractivity contribution is 6.07. The van der Waals surface area contributed by atoms with E-state index in [4.69, 9.17) is 9.94 Å². The van der Waals surface area contributed by atoms with Gasteiger partial charge in [-0.2, -0.15) is 0 Å². The van der Waals surface area contributed by atoms with Crippen LogP contribution < -0.4 is 10.2 Å². The van der Waals surface area contributed by atoms with Gasteiger partial charge in [0, 0.05) is 60.8 Å². The molecule has 39 heavy (non-hydrogen) atoms. The molecule has 0 saturated carbocycles. The molecule has 0 radical (unpaired) electrons. The smallest absolute Gasteiger partial charge is 0.327 e. The first-order valence-electron chi connectivity index (χ1n) is 13.6. The number of nitrogens with one attached hydrogen (secondary N) is 1. The number of likely N-dealkylation sites (N-methyl/N-ethyl adjacent to an activating group) is 1. The summed E-state index contributed by atoms with van der Waals surface area (Å²) in [5.41, 5.74) is 5.86. The first kappa shape index (κ1) is 25.4. The van der Waals surface area contributed by atoms with Crippen molar-refractivity contribution in [3.63, 3.8) is 0 Å². The van der Waals surface area contributed by atoms with Crippen molar-refractivity contribution < 1.29 is 24.3 Å². The minimum Gasteiger partial charge on any atom is -0.492 e. The van der Waals surface area contributed by atoms with E-state index in [1.54, 1.807) is 29.6 Å². The fourth-order valence-electron chi connectivity index (χ4n) is 6.19. The molecule has 3 aliphatic heterocycles. The molecule has 6 rings (SSSR count). The van der Waals surface area contributed by atoms with E-state index in [1.165, 1.54) is 24.2 Å². The second kappa shape index (κ2) is 10.3. The summed E-state index contributed by atoms with van der Waals surface area (Å²) < 4.78 is 8.38. The summed E-state index contributed by atoms with van der Waals surface area (Å²) in [7, 11) is 1.54. The van der Waals surface area contributed by atoms with Crippen LogP contribution in [0, 0.1) is 0 Å². The first-order valence-corrected chi connectivity index (χ1v) is 13.6. The zero-order valence-corrected chi connectivity index (χ0v) is 22.1. The molecule has 2 fully saturated rings. The predicted octanol–water partition coefficient (Wildman–Crippen LogP) is 3.16. The summed E-state index contributed by atoms with van der Waals surface area (Å²) in [5, 5.41) is 9.84. The predicted molar refractivity (Wildman–Crippen MR) is 144 cm³/mol. The lowest BCUT2D eigenvalue weighted by molar-refractivity contribution is -0.127. The third-order valence-corrected chi connectivity index (χ3v) is 8.24. The van der Waals surface area contributed by atoms with Gasteiger partial charge in [-0.3, -0.25) is 24.6 Å². The third kappa shape index (κ3) is 4.53. The van der Waals surface area contributed by atoms with Crippen LogP contribution in [0.25, 0.3) is 10.9 Å². The number of nitrogens with zero attached hydrogens (tertiary/aromatic N) is 4. The van der Waals surface area contributed by atoms with E-state index in [2.05, 4.69) is 9.47 Å². The number of piperidine rings is 1. The lowest BCUT2D eigenvalue weighted by atomic mass is 9.96. The van der Waals surface area contributed by atoms with Crippen LogP contribution in [0.4, 0.5) is 4.79 Å². The van der Waals surface area contributed by atoms with Crippen molar-refractivity contribution in [3.8, 4) is 5.75 Å². The summed E-state index contributed by atoms with van der Waals surface area (Å²) >= 11 is 0. The molecule has 2 saturated heterocycles. The van der Waals surface area contributed by atoms with E-state index in [0.29, 0.717) is 31.7 Å². The average molecular weight is 532 g/mol. The number of hydroxylamine groups is 1. The molecule has 0 aliphatic carbocycles. The lowest BCUT2D eigenvalue weighted by Crippen LogP contribution is -2.36. The van der Waals surface area contributed by atoms with Crippen molar-refractivity contribution >= 4 is 28.7 Å². The zero-order valence-electron chi connectivity index (χ0n) is 22.1. The van der Waals surface area contributed by atoms with E-state index in [9.17, 15) is 14.4 Å². The zero-order chi connectivity index (χ0) is 27.1. The Balaban J connectivity index is 1.35. The maximum atomic E-state index is 13.2. The van der Waals surface area contributed by atoms with Gasteiger partial charge in [-0.15, -0.1) is 0 Å². The highest BCUT2D eigenvalue weighted by Crippen LogP contribution is 2.43. The molecule has 0 spiro atoms. The molecule has 10 heteroatoms. The van der Waals surface area contributed by atoms with Crippen LogP contribution in [-0.4, -0.2) is 82.2 Å². The summed E-state index contributed by atoms with van der Waals surface area (Å²) in [4.78, 5) is 43.1. The molecule has 0 bridgehead atoms. The number of benzene rings is 2. The largest absolute Gasteiger partial charge is 0.492 e. The van der Waals surface area contributed by atoms with Gasteiger partial charge in [0.15, 0.2) is 0 Å². The molecule has 10 nitrogen and oxygen atoms in total. The van der Waals surface area contributed by atoms with E-state index in [-0.39, 0.29) is 11.9 Å². The van der Waals surface area contributed by atoms with E-state index >= 15 is 0 Å². The van der Waals surface area contributed by atoms with Crippen LogP contribution in [-0.2, 0) is 17.8 Å². The fourth-order valence-corrected chi connectivity index (χ4v) is 6.19. The van der Waals surface area contributed by atoms with Crippen LogP contribution >= 0.6 is 0 Å². The van der Waals surface area contributed by atoms with Crippen molar-refractivity contribution in [2.24, 2.45) is 0 Å². The van der Waals surface area contributed by atoms with Crippen molar-refractivity contribution in [1.82, 2.24) is 24.7 Å². The number of urea groups is 1. The molecular weight excluding hydrogens is 498 g/mol. The Kier molecular flexibility index (Phi) is 6.74. The number of imide groups is 1. The van der Waals surface area contributed by atoms with Gasteiger partial charge in [0.2, 0.25) is 0 Å². The van der Waals surface area contributed by atoms with Gasteiger partial charge in [0.25, 0.3) is 11.8 Å². The Hall–Kier alpha value is -3.89. The van der Waals surface area contributed by atoms with Gasteiger partial charge in [0.1, 0.15) is 18.4 Å².